The third-order valence-electron chi connectivity index (χ3n) is 3.28. The minimum absolute atomic E-state index is 0.0727. The molecule has 0 saturated carbocycles. The summed E-state index contributed by atoms with van der Waals surface area (Å²) in [6.45, 7) is 0.785. The molecule has 0 bridgehead atoms. The second-order valence-corrected chi connectivity index (χ2v) is 6.73. The molecule has 2 unspecified atom stereocenters. The van der Waals surface area contributed by atoms with Crippen molar-refractivity contribution < 1.29 is 14.7 Å². The number of carboxylic acids is 1. The Morgan fingerprint density at radius 3 is 3.05 bits per heavy atom. The van der Waals surface area contributed by atoms with Crippen molar-refractivity contribution >= 4 is 35.0 Å². The standard InChI is InChI=1S/C13H18N2O3S2/c14-9(13(17)18)7-19-8-12(16)15-5-1-3-10(15)11-4-2-6-20-11/h2,4,6,9-10H,1,3,5,7-8,14H2,(H,17,18). The van der Waals surface area contributed by atoms with Gasteiger partial charge >= 0.3 is 5.97 Å². The molecule has 2 rings (SSSR count). The summed E-state index contributed by atoms with van der Waals surface area (Å²) in [5.74, 6) is -0.396. The fourth-order valence-corrected chi connectivity index (χ4v) is 4.00. The maximum absolute atomic E-state index is 12.2. The third kappa shape index (κ3) is 3.74. The summed E-state index contributed by atoms with van der Waals surface area (Å²) in [5, 5.41) is 10.7. The number of hydrogen-bond donors (Lipinski definition) is 2. The molecule has 5 nitrogen and oxygen atoms in total. The van der Waals surface area contributed by atoms with Crippen LogP contribution in [0.3, 0.4) is 0 Å². The molecule has 1 aromatic rings. The molecule has 1 aliphatic rings. The van der Waals surface area contributed by atoms with Gasteiger partial charge in [-0.1, -0.05) is 6.07 Å². The molecule has 20 heavy (non-hydrogen) atoms. The van der Waals surface area contributed by atoms with Crippen LogP contribution in [0.15, 0.2) is 17.5 Å². The van der Waals surface area contributed by atoms with Crippen molar-refractivity contribution in [2.45, 2.75) is 24.9 Å². The molecule has 2 atom stereocenters. The lowest BCUT2D eigenvalue weighted by molar-refractivity contribution is -0.138. The van der Waals surface area contributed by atoms with Crippen LogP contribution < -0.4 is 5.73 Å². The summed E-state index contributed by atoms with van der Waals surface area (Å²) in [6, 6.07) is 3.35. The van der Waals surface area contributed by atoms with Crippen LogP contribution in [0.5, 0.6) is 0 Å². The molecule has 0 spiro atoms. The number of nitrogens with zero attached hydrogens (tertiary/aromatic N) is 1. The zero-order valence-corrected chi connectivity index (χ0v) is 12.7. The summed E-state index contributed by atoms with van der Waals surface area (Å²) < 4.78 is 0. The van der Waals surface area contributed by atoms with Gasteiger partial charge in [-0.3, -0.25) is 9.59 Å². The highest BCUT2D eigenvalue weighted by atomic mass is 32.2. The van der Waals surface area contributed by atoms with E-state index in [4.69, 9.17) is 10.8 Å². The van der Waals surface area contributed by atoms with E-state index in [9.17, 15) is 9.59 Å². The van der Waals surface area contributed by atoms with Gasteiger partial charge in [0.15, 0.2) is 0 Å². The lowest BCUT2D eigenvalue weighted by atomic mass is 10.2. The molecule has 0 aliphatic carbocycles. The Bertz CT molecular complexity index is 464. The fourth-order valence-electron chi connectivity index (χ4n) is 2.27. The molecular formula is C13H18N2O3S2. The highest BCUT2D eigenvalue weighted by Crippen LogP contribution is 2.34. The van der Waals surface area contributed by atoms with Crippen LogP contribution in [0, 0.1) is 0 Å². The SMILES string of the molecule is NC(CSCC(=O)N1CCCC1c1cccs1)C(=O)O. The first-order valence-electron chi connectivity index (χ1n) is 6.48. The molecule has 2 heterocycles. The van der Waals surface area contributed by atoms with E-state index in [2.05, 4.69) is 6.07 Å². The predicted octanol–water partition coefficient (Wildman–Crippen LogP) is 1.56. The van der Waals surface area contributed by atoms with Gasteiger partial charge in [0.1, 0.15) is 6.04 Å². The van der Waals surface area contributed by atoms with Crippen LogP contribution in [-0.2, 0) is 9.59 Å². The van der Waals surface area contributed by atoms with Crippen LogP contribution in [-0.4, -0.2) is 46.0 Å². The summed E-state index contributed by atoms with van der Waals surface area (Å²) in [7, 11) is 0. The third-order valence-corrected chi connectivity index (χ3v) is 5.30. The van der Waals surface area contributed by atoms with Gasteiger partial charge in [-0.15, -0.1) is 23.1 Å². The number of thioether (sulfide) groups is 1. The van der Waals surface area contributed by atoms with Gasteiger partial charge in [-0.25, -0.2) is 0 Å². The van der Waals surface area contributed by atoms with E-state index in [-0.39, 0.29) is 17.7 Å². The Kier molecular flexibility index (Phi) is 5.45. The zero-order valence-electron chi connectivity index (χ0n) is 11.0. The number of nitrogens with two attached hydrogens (primary N) is 1. The van der Waals surface area contributed by atoms with Crippen molar-refractivity contribution in [1.29, 1.82) is 0 Å². The van der Waals surface area contributed by atoms with Crippen LogP contribution >= 0.6 is 23.1 Å². The number of thiophene rings is 1. The Morgan fingerprint density at radius 2 is 2.40 bits per heavy atom. The smallest absolute Gasteiger partial charge is 0.321 e. The quantitative estimate of drug-likeness (QED) is 0.832. The highest BCUT2D eigenvalue weighted by Gasteiger charge is 2.30. The monoisotopic (exact) mass is 314 g/mol. The van der Waals surface area contributed by atoms with Crippen LogP contribution in [0.1, 0.15) is 23.8 Å². The van der Waals surface area contributed by atoms with Crippen LogP contribution in [0.4, 0.5) is 0 Å². The van der Waals surface area contributed by atoms with Crippen LogP contribution in [0.25, 0.3) is 0 Å². The summed E-state index contributed by atoms with van der Waals surface area (Å²) in [6.07, 6.45) is 2.03. The van der Waals surface area contributed by atoms with E-state index >= 15 is 0 Å². The van der Waals surface area contributed by atoms with Gasteiger partial charge in [0, 0.05) is 17.2 Å². The van der Waals surface area contributed by atoms with Gasteiger partial charge in [-0.2, -0.15) is 0 Å². The maximum Gasteiger partial charge on any atom is 0.321 e. The summed E-state index contributed by atoms with van der Waals surface area (Å²) >= 11 is 2.97. The van der Waals surface area contributed by atoms with E-state index in [1.54, 1.807) is 11.3 Å². The fraction of sp³-hybridized carbons (Fsp3) is 0.538. The van der Waals surface area contributed by atoms with Gasteiger partial charge in [0.2, 0.25) is 5.91 Å². The van der Waals surface area contributed by atoms with Gasteiger partial charge < -0.3 is 15.7 Å². The molecule has 1 aliphatic heterocycles. The number of aliphatic carboxylic acids is 1. The Balaban J connectivity index is 1.84. The van der Waals surface area contributed by atoms with Crippen molar-refractivity contribution in [1.82, 2.24) is 4.90 Å². The lowest BCUT2D eigenvalue weighted by Crippen LogP contribution is -2.35. The molecule has 3 N–H and O–H groups in total. The van der Waals surface area contributed by atoms with E-state index in [1.807, 2.05) is 16.3 Å². The molecule has 110 valence electrons. The molecule has 7 heteroatoms. The molecule has 1 amide bonds. The number of likely N-dealkylation sites (tertiary alicyclic amines) is 1. The second-order valence-electron chi connectivity index (χ2n) is 4.72. The Morgan fingerprint density at radius 1 is 1.60 bits per heavy atom. The van der Waals surface area contributed by atoms with E-state index in [1.165, 1.54) is 16.6 Å². The van der Waals surface area contributed by atoms with Crippen molar-refractivity contribution in [3.05, 3.63) is 22.4 Å². The van der Waals surface area contributed by atoms with E-state index in [0.29, 0.717) is 5.75 Å². The van der Waals surface area contributed by atoms with Crippen molar-refractivity contribution in [3.8, 4) is 0 Å². The van der Waals surface area contributed by atoms with Crippen molar-refractivity contribution in [2.24, 2.45) is 5.73 Å². The topological polar surface area (TPSA) is 83.6 Å². The second kappa shape index (κ2) is 7.10. The molecular weight excluding hydrogens is 296 g/mol. The first-order chi connectivity index (χ1) is 9.59. The van der Waals surface area contributed by atoms with E-state index in [0.717, 1.165) is 19.4 Å². The largest absolute Gasteiger partial charge is 0.480 e. The number of amides is 1. The van der Waals surface area contributed by atoms with Crippen molar-refractivity contribution in [2.75, 3.05) is 18.1 Å². The minimum Gasteiger partial charge on any atom is -0.480 e. The van der Waals surface area contributed by atoms with Gasteiger partial charge in [0.05, 0.1) is 11.8 Å². The number of carboxylic acid groups (broad SMARTS) is 1. The van der Waals surface area contributed by atoms with Crippen molar-refractivity contribution in [3.63, 3.8) is 0 Å². The predicted molar refractivity (Wildman–Crippen MR) is 80.9 cm³/mol. The molecule has 0 aromatic carbocycles. The molecule has 1 fully saturated rings. The first-order valence-corrected chi connectivity index (χ1v) is 8.52. The first kappa shape index (κ1) is 15.3. The Hall–Kier alpha value is -1.05. The number of carbonyl (C=O) groups is 2. The van der Waals surface area contributed by atoms with Gasteiger partial charge in [-0.05, 0) is 24.3 Å². The van der Waals surface area contributed by atoms with Gasteiger partial charge in [0.25, 0.3) is 0 Å². The normalized spacial score (nSPS) is 20.1. The summed E-state index contributed by atoms with van der Waals surface area (Å²) in [4.78, 5) is 26.0. The zero-order chi connectivity index (χ0) is 14.5. The molecule has 1 saturated heterocycles. The minimum atomic E-state index is -1.03. The molecule has 0 radical (unpaired) electrons. The average molecular weight is 314 g/mol. The van der Waals surface area contributed by atoms with E-state index < -0.39 is 12.0 Å². The Labute approximate surface area is 126 Å². The number of hydrogen-bond acceptors (Lipinski definition) is 5. The summed E-state index contributed by atoms with van der Waals surface area (Å²) in [5.41, 5.74) is 5.42. The number of carbonyl (C=O) groups excluding carboxylic acids is 1. The number of rotatable bonds is 6. The van der Waals surface area contributed by atoms with Crippen LogP contribution in [0.2, 0.25) is 0 Å². The maximum atomic E-state index is 12.2. The average Bonchev–Trinajstić information content (AvgIpc) is 3.08. The lowest BCUT2D eigenvalue weighted by Gasteiger charge is -2.24. The highest BCUT2D eigenvalue weighted by molar-refractivity contribution is 8.00. The molecule has 1 aromatic heterocycles.